The van der Waals surface area contributed by atoms with Gasteiger partial charge < -0.3 is 0 Å². The van der Waals surface area contributed by atoms with E-state index in [0.29, 0.717) is 11.6 Å². The van der Waals surface area contributed by atoms with Crippen LogP contribution >= 0.6 is 23.2 Å². The predicted molar refractivity (Wildman–Crippen MR) is 75.3 cm³/mol. The highest BCUT2D eigenvalue weighted by Crippen LogP contribution is 2.19. The number of carbonyl (C=O) groups is 1. The van der Waals surface area contributed by atoms with E-state index in [1.807, 2.05) is 42.5 Å². The molecule has 0 spiro atoms. The van der Waals surface area contributed by atoms with Gasteiger partial charge in [0.1, 0.15) is 0 Å². The van der Waals surface area contributed by atoms with E-state index in [0.717, 1.165) is 11.3 Å². The molecule has 0 saturated carbocycles. The van der Waals surface area contributed by atoms with Gasteiger partial charge in [-0.15, -0.1) is 0 Å². The number of rotatable bonds is 3. The summed E-state index contributed by atoms with van der Waals surface area (Å²) in [4.78, 5) is 13.0. The SMILES string of the molecule is O=C(Cl)N(Cc1ccc(Cl)cc1)c1ccccc1. The van der Waals surface area contributed by atoms with Gasteiger partial charge in [0.2, 0.25) is 0 Å². The van der Waals surface area contributed by atoms with Crippen LogP contribution in [0.25, 0.3) is 0 Å². The van der Waals surface area contributed by atoms with Gasteiger partial charge in [-0.25, -0.2) is 0 Å². The van der Waals surface area contributed by atoms with E-state index in [1.54, 1.807) is 12.1 Å². The maximum Gasteiger partial charge on any atom is 0.321 e. The second kappa shape index (κ2) is 5.89. The van der Waals surface area contributed by atoms with Crippen molar-refractivity contribution in [3.8, 4) is 0 Å². The molecule has 0 aliphatic heterocycles. The highest BCUT2D eigenvalue weighted by Gasteiger charge is 2.13. The normalized spacial score (nSPS) is 10.1. The molecule has 0 aliphatic rings. The average molecular weight is 280 g/mol. The minimum atomic E-state index is -0.504. The first-order chi connectivity index (χ1) is 8.66. The number of para-hydroxylation sites is 1. The number of anilines is 1. The summed E-state index contributed by atoms with van der Waals surface area (Å²) in [6.45, 7) is 0.420. The molecule has 0 fully saturated rings. The summed E-state index contributed by atoms with van der Waals surface area (Å²) >= 11 is 11.4. The molecule has 0 heterocycles. The highest BCUT2D eigenvalue weighted by atomic mass is 35.5. The van der Waals surface area contributed by atoms with Gasteiger partial charge in [0.15, 0.2) is 0 Å². The Morgan fingerprint density at radius 3 is 2.17 bits per heavy atom. The van der Waals surface area contributed by atoms with Gasteiger partial charge in [-0.1, -0.05) is 41.9 Å². The minimum absolute atomic E-state index is 0.420. The number of nitrogens with zero attached hydrogens (tertiary/aromatic N) is 1. The van der Waals surface area contributed by atoms with E-state index >= 15 is 0 Å². The smallest absolute Gasteiger partial charge is 0.295 e. The molecule has 0 atom stereocenters. The van der Waals surface area contributed by atoms with Crippen LogP contribution in [0.3, 0.4) is 0 Å². The number of halogens is 2. The van der Waals surface area contributed by atoms with Crippen molar-refractivity contribution in [1.29, 1.82) is 0 Å². The van der Waals surface area contributed by atoms with Crippen LogP contribution in [0.2, 0.25) is 5.02 Å². The minimum Gasteiger partial charge on any atom is -0.295 e. The van der Waals surface area contributed by atoms with Crippen LogP contribution in [0, 0.1) is 0 Å². The molecule has 4 heteroatoms. The van der Waals surface area contributed by atoms with Crippen LogP contribution in [-0.4, -0.2) is 5.37 Å². The van der Waals surface area contributed by atoms with Crippen LogP contribution in [0.4, 0.5) is 10.5 Å². The average Bonchev–Trinajstić information content (AvgIpc) is 2.38. The van der Waals surface area contributed by atoms with Crippen LogP contribution in [-0.2, 0) is 6.54 Å². The lowest BCUT2D eigenvalue weighted by molar-refractivity contribution is 0.264. The van der Waals surface area contributed by atoms with Gasteiger partial charge in [-0.2, -0.15) is 0 Å². The molecule has 0 saturated heterocycles. The molecule has 0 bridgehead atoms. The van der Waals surface area contributed by atoms with Gasteiger partial charge in [0, 0.05) is 10.7 Å². The fraction of sp³-hybridized carbons (Fsp3) is 0.0714. The molecule has 2 rings (SSSR count). The zero-order chi connectivity index (χ0) is 13.0. The van der Waals surface area contributed by atoms with Crippen LogP contribution in [0.15, 0.2) is 54.6 Å². The zero-order valence-corrected chi connectivity index (χ0v) is 11.0. The molecule has 2 aromatic carbocycles. The number of hydrogen-bond acceptors (Lipinski definition) is 1. The van der Waals surface area contributed by atoms with Crippen molar-refractivity contribution in [3.63, 3.8) is 0 Å². The van der Waals surface area contributed by atoms with Gasteiger partial charge in [-0.05, 0) is 41.4 Å². The lowest BCUT2D eigenvalue weighted by Crippen LogP contribution is -2.24. The highest BCUT2D eigenvalue weighted by molar-refractivity contribution is 6.66. The maximum atomic E-state index is 11.5. The second-order valence-corrected chi connectivity index (χ2v) is 4.56. The molecule has 0 aliphatic carbocycles. The van der Waals surface area contributed by atoms with Crippen LogP contribution in [0.5, 0.6) is 0 Å². The van der Waals surface area contributed by atoms with E-state index in [9.17, 15) is 4.79 Å². The van der Waals surface area contributed by atoms with Crippen molar-refractivity contribution in [2.45, 2.75) is 6.54 Å². The van der Waals surface area contributed by atoms with Gasteiger partial charge in [0.05, 0.1) is 6.54 Å². The zero-order valence-electron chi connectivity index (χ0n) is 9.51. The third kappa shape index (κ3) is 3.25. The summed E-state index contributed by atoms with van der Waals surface area (Å²) in [6.07, 6.45) is 0. The molecular formula is C14H11Cl2NO. The first kappa shape index (κ1) is 12.9. The summed E-state index contributed by atoms with van der Waals surface area (Å²) in [5.41, 5.74) is 1.74. The fourth-order valence-electron chi connectivity index (χ4n) is 1.64. The van der Waals surface area contributed by atoms with Crippen molar-refractivity contribution in [2.75, 3.05) is 4.90 Å². The summed E-state index contributed by atoms with van der Waals surface area (Å²) < 4.78 is 0. The Bertz CT molecular complexity index is 525. The third-order valence-corrected chi connectivity index (χ3v) is 2.99. The number of hydrogen-bond donors (Lipinski definition) is 0. The quantitative estimate of drug-likeness (QED) is 0.589. The Balaban J connectivity index is 2.22. The molecule has 0 N–H and O–H groups in total. The maximum absolute atomic E-state index is 11.5. The van der Waals surface area contributed by atoms with Gasteiger partial charge in [-0.3, -0.25) is 9.69 Å². The number of carbonyl (C=O) groups excluding carboxylic acids is 1. The van der Waals surface area contributed by atoms with Crippen molar-refractivity contribution in [3.05, 3.63) is 65.2 Å². The Morgan fingerprint density at radius 1 is 1.00 bits per heavy atom. The van der Waals surface area contributed by atoms with Gasteiger partial charge in [0.25, 0.3) is 0 Å². The molecule has 2 nitrogen and oxygen atoms in total. The van der Waals surface area contributed by atoms with Crippen molar-refractivity contribution >= 4 is 34.3 Å². The number of amides is 1. The van der Waals surface area contributed by atoms with Crippen LogP contribution < -0.4 is 4.90 Å². The number of benzene rings is 2. The Labute approximate surface area is 116 Å². The third-order valence-electron chi connectivity index (χ3n) is 2.53. The Morgan fingerprint density at radius 2 is 1.61 bits per heavy atom. The summed E-state index contributed by atoms with van der Waals surface area (Å²) in [7, 11) is 0. The van der Waals surface area contributed by atoms with Crippen LogP contribution in [0.1, 0.15) is 5.56 Å². The van der Waals surface area contributed by atoms with Crippen molar-refractivity contribution in [1.82, 2.24) is 0 Å². The molecule has 0 radical (unpaired) electrons. The first-order valence-electron chi connectivity index (χ1n) is 5.43. The lowest BCUT2D eigenvalue weighted by Gasteiger charge is -2.19. The van der Waals surface area contributed by atoms with E-state index in [1.165, 1.54) is 4.90 Å². The summed E-state index contributed by atoms with van der Waals surface area (Å²) in [6, 6.07) is 16.6. The predicted octanol–water partition coefficient (Wildman–Crippen LogP) is 4.71. The molecular weight excluding hydrogens is 269 g/mol. The monoisotopic (exact) mass is 279 g/mol. The Hall–Kier alpha value is -1.51. The molecule has 92 valence electrons. The molecule has 18 heavy (non-hydrogen) atoms. The lowest BCUT2D eigenvalue weighted by atomic mass is 10.2. The van der Waals surface area contributed by atoms with Crippen molar-refractivity contribution in [2.24, 2.45) is 0 Å². The summed E-state index contributed by atoms with van der Waals surface area (Å²) in [5.74, 6) is 0. The van der Waals surface area contributed by atoms with Gasteiger partial charge >= 0.3 is 5.37 Å². The Kier molecular flexibility index (Phi) is 4.24. The topological polar surface area (TPSA) is 20.3 Å². The molecule has 1 amide bonds. The first-order valence-corrected chi connectivity index (χ1v) is 6.19. The molecule has 0 aromatic heterocycles. The van der Waals surface area contributed by atoms with Crippen molar-refractivity contribution < 1.29 is 4.79 Å². The summed E-state index contributed by atoms with van der Waals surface area (Å²) in [5, 5.41) is 0.165. The second-order valence-electron chi connectivity index (χ2n) is 3.80. The van der Waals surface area contributed by atoms with E-state index in [4.69, 9.17) is 23.2 Å². The van der Waals surface area contributed by atoms with E-state index in [-0.39, 0.29) is 0 Å². The fourth-order valence-corrected chi connectivity index (χ4v) is 1.92. The molecule has 2 aromatic rings. The molecule has 0 unspecified atom stereocenters. The standard InChI is InChI=1S/C14H11Cl2NO/c15-12-8-6-11(7-9-12)10-17(14(16)18)13-4-2-1-3-5-13/h1-9H,10H2. The largest absolute Gasteiger partial charge is 0.321 e. The van der Waals surface area contributed by atoms with E-state index in [2.05, 4.69) is 0 Å². The van der Waals surface area contributed by atoms with E-state index < -0.39 is 5.37 Å².